The highest BCUT2D eigenvalue weighted by Gasteiger charge is 2.49. The molecule has 0 aliphatic carbocycles. The topological polar surface area (TPSA) is 151 Å². The van der Waals surface area contributed by atoms with Gasteiger partial charge in [-0.2, -0.15) is 0 Å². The molecule has 4 fully saturated rings. The van der Waals surface area contributed by atoms with Crippen LogP contribution in [-0.4, -0.2) is 131 Å². The largest absolute Gasteiger partial charge is 0.391 e. The number of unbranched alkanes of at least 4 members (excludes halogenated alkanes) is 5. The number of hydrogen-bond acceptors (Lipinski definition) is 11. The van der Waals surface area contributed by atoms with Gasteiger partial charge in [-0.3, -0.25) is 19.3 Å². The number of rotatable bonds is 19. The molecule has 5 aromatic rings. The molecule has 1 unspecified atom stereocenters. The predicted molar refractivity (Wildman–Crippen MR) is 295 cm³/mol. The molecule has 0 bridgehead atoms. The molecule has 2 aromatic heterocycles. The Morgan fingerprint density at radius 3 is 2.23 bits per heavy atom. The van der Waals surface area contributed by atoms with E-state index < -0.39 is 23.6 Å². The van der Waals surface area contributed by atoms with E-state index in [4.69, 9.17) is 16.6 Å². The molecular weight excluding hydrogens is 975 g/mol. The summed E-state index contributed by atoms with van der Waals surface area (Å²) in [6.45, 7) is 22.7. The van der Waals surface area contributed by atoms with Crippen LogP contribution in [0.4, 0.5) is 16.0 Å². The van der Waals surface area contributed by atoms with Crippen molar-refractivity contribution in [2.75, 3.05) is 75.2 Å². The van der Waals surface area contributed by atoms with Gasteiger partial charge in [-0.05, 0) is 92.4 Å². The van der Waals surface area contributed by atoms with Gasteiger partial charge in [0, 0.05) is 82.2 Å². The number of aryl methyl sites for hydroxylation is 3. The quantitative estimate of drug-likeness (QED) is 0.0593. The van der Waals surface area contributed by atoms with Gasteiger partial charge >= 0.3 is 0 Å². The van der Waals surface area contributed by atoms with Crippen molar-refractivity contribution in [1.82, 2.24) is 40.3 Å². The van der Waals surface area contributed by atoms with Crippen LogP contribution in [0.1, 0.15) is 113 Å². The molecule has 17 heteroatoms. The molecule has 14 nitrogen and oxygen atoms in total. The number of aliphatic hydroxyl groups excluding tert-OH is 1. The zero-order valence-electron chi connectivity index (χ0n) is 44.4. The molecule has 0 saturated carbocycles. The summed E-state index contributed by atoms with van der Waals surface area (Å²) in [5.41, 5.74) is 9.90. The summed E-state index contributed by atoms with van der Waals surface area (Å²) in [6, 6.07) is 14.0. The van der Waals surface area contributed by atoms with Crippen molar-refractivity contribution in [1.29, 1.82) is 0 Å². The van der Waals surface area contributed by atoms with Gasteiger partial charge in [0.1, 0.15) is 23.4 Å². The first kappa shape index (κ1) is 53.7. The van der Waals surface area contributed by atoms with E-state index in [1.807, 2.05) is 96.4 Å². The minimum atomic E-state index is -0.851. The summed E-state index contributed by atoms with van der Waals surface area (Å²) >= 11 is 8.49. The SMILES string of the molecule is Cc1cc(Cn2c(N3CC4(CNC4)C3)nc3c(N4CCN(CCCCCCCCC(=O)N[C@H](C(=O)N5C[C@H](O)C[C@H]5C(=O)NC(C)c5ccc(-c6scnc6C)cc5)C(C)(C)C)CC4)cc(Cl)cc32)cc(C)c1F. The van der Waals surface area contributed by atoms with E-state index in [-0.39, 0.29) is 42.5 Å². The Bertz CT molecular complexity index is 2790. The lowest BCUT2D eigenvalue weighted by molar-refractivity contribution is -0.144. The number of thiazole rings is 1. The van der Waals surface area contributed by atoms with Crippen molar-refractivity contribution in [3.05, 3.63) is 92.8 Å². The van der Waals surface area contributed by atoms with Crippen LogP contribution >= 0.6 is 22.9 Å². The second-order valence-electron chi connectivity index (χ2n) is 22.9. The third kappa shape index (κ3) is 11.9. The average molecular weight is 1050 g/mol. The number of amides is 3. The van der Waals surface area contributed by atoms with Crippen molar-refractivity contribution in [2.24, 2.45) is 10.8 Å². The number of fused-ring (bicyclic) bond motifs is 1. The highest BCUT2D eigenvalue weighted by Crippen LogP contribution is 2.41. The van der Waals surface area contributed by atoms with Crippen molar-refractivity contribution in [2.45, 2.75) is 131 Å². The first-order chi connectivity index (χ1) is 35.4. The Morgan fingerprint density at radius 2 is 1.59 bits per heavy atom. The van der Waals surface area contributed by atoms with Crippen molar-refractivity contribution in [3.8, 4) is 10.4 Å². The Kier molecular flexibility index (Phi) is 16.4. The number of nitrogens with one attached hydrogen (secondary N) is 3. The fourth-order valence-corrected chi connectivity index (χ4v) is 12.5. The fourth-order valence-electron chi connectivity index (χ4n) is 11.5. The number of anilines is 2. The second-order valence-corrected chi connectivity index (χ2v) is 24.2. The lowest BCUT2D eigenvalue weighted by Crippen LogP contribution is -2.71. The summed E-state index contributed by atoms with van der Waals surface area (Å²) < 4.78 is 16.9. The Labute approximate surface area is 445 Å². The van der Waals surface area contributed by atoms with E-state index in [2.05, 4.69) is 46.3 Å². The molecule has 4 atom stereocenters. The van der Waals surface area contributed by atoms with Crippen LogP contribution < -0.4 is 25.8 Å². The summed E-state index contributed by atoms with van der Waals surface area (Å²) in [5.74, 6) is -0.0552. The predicted octanol–water partition coefficient (Wildman–Crippen LogP) is 8.56. The number of imidazole rings is 1. The van der Waals surface area contributed by atoms with Gasteiger partial charge in [0.25, 0.3) is 0 Å². The van der Waals surface area contributed by atoms with E-state index in [0.29, 0.717) is 34.5 Å². The maximum atomic E-state index is 14.7. The molecular formula is C57H76ClFN10O4S. The third-order valence-electron chi connectivity index (χ3n) is 15.9. The van der Waals surface area contributed by atoms with Crippen molar-refractivity contribution < 1.29 is 23.9 Å². The number of aliphatic hydroxyl groups is 1. The second kappa shape index (κ2) is 22.6. The summed E-state index contributed by atoms with van der Waals surface area (Å²) in [5, 5.41) is 20.9. The molecule has 4 N–H and O–H groups in total. The fraction of sp³-hybridized carbons (Fsp3) is 0.561. The molecule has 0 radical (unpaired) electrons. The maximum Gasteiger partial charge on any atom is 0.246 e. The Hall–Kier alpha value is -5.13. The zero-order valence-corrected chi connectivity index (χ0v) is 46.0. The van der Waals surface area contributed by atoms with E-state index in [0.717, 1.165) is 147 Å². The minimum absolute atomic E-state index is 0.0341. The normalized spacial score (nSPS) is 19.7. The van der Waals surface area contributed by atoms with Crippen LogP contribution in [0, 0.1) is 37.4 Å². The molecule has 398 valence electrons. The van der Waals surface area contributed by atoms with E-state index in [9.17, 15) is 23.9 Å². The first-order valence-electron chi connectivity index (χ1n) is 26.8. The van der Waals surface area contributed by atoms with Crippen LogP contribution in [0.5, 0.6) is 0 Å². The number of likely N-dealkylation sites (tertiary alicyclic amines) is 1. The number of halogens is 2. The number of piperazine rings is 1. The lowest BCUT2D eigenvalue weighted by atomic mass is 9.75. The van der Waals surface area contributed by atoms with E-state index >= 15 is 0 Å². The van der Waals surface area contributed by atoms with Crippen LogP contribution in [0.3, 0.4) is 0 Å². The molecule has 6 heterocycles. The van der Waals surface area contributed by atoms with Gasteiger partial charge in [0.2, 0.25) is 23.7 Å². The molecule has 4 aliphatic rings. The number of nitrogens with zero attached hydrogens (tertiary/aromatic N) is 7. The molecule has 1 spiro atoms. The first-order valence-corrected chi connectivity index (χ1v) is 28.1. The van der Waals surface area contributed by atoms with Crippen LogP contribution in [0.2, 0.25) is 5.02 Å². The maximum absolute atomic E-state index is 14.7. The monoisotopic (exact) mass is 1050 g/mol. The Morgan fingerprint density at radius 1 is 0.919 bits per heavy atom. The zero-order chi connectivity index (χ0) is 52.5. The van der Waals surface area contributed by atoms with Crippen molar-refractivity contribution >= 4 is 63.3 Å². The van der Waals surface area contributed by atoms with Crippen LogP contribution in [0.25, 0.3) is 21.5 Å². The van der Waals surface area contributed by atoms with Crippen molar-refractivity contribution in [3.63, 3.8) is 0 Å². The van der Waals surface area contributed by atoms with Gasteiger partial charge in [-0.1, -0.05) is 94.5 Å². The van der Waals surface area contributed by atoms with E-state index in [1.54, 1.807) is 11.3 Å². The molecule has 3 amide bonds. The molecule has 3 aromatic carbocycles. The van der Waals surface area contributed by atoms with E-state index in [1.165, 1.54) is 4.90 Å². The number of benzene rings is 3. The lowest BCUT2D eigenvalue weighted by Gasteiger charge is -2.56. The van der Waals surface area contributed by atoms with Crippen LogP contribution in [-0.2, 0) is 20.9 Å². The van der Waals surface area contributed by atoms with Gasteiger partial charge in [0.05, 0.1) is 46.0 Å². The molecule has 74 heavy (non-hydrogen) atoms. The van der Waals surface area contributed by atoms with Gasteiger partial charge in [-0.15, -0.1) is 11.3 Å². The molecule has 4 saturated heterocycles. The summed E-state index contributed by atoms with van der Waals surface area (Å²) in [4.78, 5) is 60.9. The molecule has 9 rings (SSSR count). The minimum Gasteiger partial charge on any atom is -0.391 e. The highest BCUT2D eigenvalue weighted by molar-refractivity contribution is 7.13. The number of carbonyl (C=O) groups is 3. The smallest absolute Gasteiger partial charge is 0.246 e. The third-order valence-corrected chi connectivity index (χ3v) is 17.0. The van der Waals surface area contributed by atoms with Gasteiger partial charge in [-0.25, -0.2) is 14.4 Å². The van der Waals surface area contributed by atoms with Gasteiger partial charge < -0.3 is 40.3 Å². The number of hydrogen-bond donors (Lipinski definition) is 4. The average Bonchev–Trinajstić information content (AvgIpc) is 4.05. The number of β-amino-alcohol motifs (C(OH)–C–C–N with tert-alkyl or cyclic N) is 1. The Balaban J connectivity index is 0.706. The number of aromatic nitrogens is 3. The van der Waals surface area contributed by atoms with Crippen LogP contribution in [0.15, 0.2) is 54.0 Å². The molecule has 4 aliphatic heterocycles. The standard InChI is InChI=1S/C57H76ClFN10O4S/c1-36-24-40(25-37(2)49(36)59)29-69-46-27-43(58)26-45(50(46)64-55(69)67-33-57(34-67)31-60-32-57)66-22-20-65(21-23-66)19-13-11-9-8-10-12-14-48(71)63-52(56(5,6)7)54(73)68-30-44(70)28-47(68)53(72)62-38(3)41-15-17-42(18-16-41)51-39(4)61-35-74-51/h15-18,24-27,35,38,44,47,52,60,70H,8-14,19-23,28-34H2,1-7H3,(H,62,72)(H,63,71)/t38?,44-,47+,52-/m1/s1. The summed E-state index contributed by atoms with van der Waals surface area (Å²) in [6.07, 6.45) is 5.65. The number of carbonyl (C=O) groups excluding carboxylic acids is 3. The summed E-state index contributed by atoms with van der Waals surface area (Å²) in [7, 11) is 0. The van der Waals surface area contributed by atoms with Gasteiger partial charge in [0.15, 0.2) is 0 Å². The highest BCUT2D eigenvalue weighted by atomic mass is 35.5.